The van der Waals surface area contributed by atoms with Gasteiger partial charge in [-0.05, 0) is 18.6 Å². The van der Waals surface area contributed by atoms with Crippen molar-refractivity contribution < 1.29 is 9.18 Å². The average Bonchev–Trinajstić information content (AvgIpc) is 2.29. The Hall–Kier alpha value is -1.71. The van der Waals surface area contributed by atoms with E-state index in [1.807, 2.05) is 6.92 Å². The fourth-order valence-corrected chi connectivity index (χ4v) is 1.39. The number of nitrogens with zero attached hydrogens (tertiary/aromatic N) is 2. The molecular weight excluding hydrogens is 207 g/mol. The maximum Gasteiger partial charge on any atom is 0.255 e. The van der Waals surface area contributed by atoms with Crippen molar-refractivity contribution in [1.82, 2.24) is 9.88 Å². The molecule has 0 fully saturated rings. The minimum absolute atomic E-state index is 0.144. The first-order valence-electron chi connectivity index (χ1n) is 5.20. The van der Waals surface area contributed by atoms with Gasteiger partial charge in [0, 0.05) is 19.3 Å². The van der Waals surface area contributed by atoms with Crippen LogP contribution >= 0.6 is 0 Å². The predicted molar refractivity (Wildman–Crippen MR) is 60.6 cm³/mol. The lowest BCUT2D eigenvalue weighted by atomic mass is 10.2. The highest BCUT2D eigenvalue weighted by Gasteiger charge is 2.13. The van der Waals surface area contributed by atoms with E-state index in [1.54, 1.807) is 11.0 Å². The van der Waals surface area contributed by atoms with Gasteiger partial charge in [-0.1, -0.05) is 13.0 Å². The zero-order valence-corrected chi connectivity index (χ0v) is 9.32. The van der Waals surface area contributed by atoms with Crippen LogP contribution in [-0.4, -0.2) is 28.9 Å². The van der Waals surface area contributed by atoms with Crippen molar-refractivity contribution in [2.75, 3.05) is 13.1 Å². The fraction of sp³-hybridized carbons (Fsp3) is 0.333. The van der Waals surface area contributed by atoms with Gasteiger partial charge in [0.1, 0.15) is 0 Å². The summed E-state index contributed by atoms with van der Waals surface area (Å²) in [7, 11) is 0. The molecule has 0 aliphatic carbocycles. The molecule has 0 aliphatic rings. The number of hydrogen-bond acceptors (Lipinski definition) is 2. The summed E-state index contributed by atoms with van der Waals surface area (Å²) in [6.45, 7) is 6.74. The highest BCUT2D eigenvalue weighted by molar-refractivity contribution is 5.93. The molecule has 0 spiro atoms. The second-order valence-electron chi connectivity index (χ2n) is 3.41. The minimum atomic E-state index is -0.581. The van der Waals surface area contributed by atoms with E-state index in [2.05, 4.69) is 11.6 Å². The van der Waals surface area contributed by atoms with Gasteiger partial charge in [0.25, 0.3) is 5.91 Å². The molecule has 0 aromatic carbocycles. The molecule has 4 heteroatoms. The van der Waals surface area contributed by atoms with Gasteiger partial charge in [0.05, 0.1) is 5.56 Å². The van der Waals surface area contributed by atoms with Crippen molar-refractivity contribution in [2.24, 2.45) is 0 Å². The van der Waals surface area contributed by atoms with Gasteiger partial charge < -0.3 is 4.90 Å². The molecule has 0 radical (unpaired) electrons. The Balaban J connectivity index is 2.80. The molecule has 0 atom stereocenters. The van der Waals surface area contributed by atoms with Crippen LogP contribution in [0.5, 0.6) is 0 Å². The molecule has 1 rings (SSSR count). The maximum atomic E-state index is 12.6. The third-order valence-electron chi connectivity index (χ3n) is 2.10. The van der Waals surface area contributed by atoms with Crippen molar-refractivity contribution in [2.45, 2.75) is 13.3 Å². The van der Waals surface area contributed by atoms with Crippen LogP contribution in [0.4, 0.5) is 4.39 Å². The lowest BCUT2D eigenvalue weighted by molar-refractivity contribution is 0.0773. The zero-order chi connectivity index (χ0) is 12.0. The minimum Gasteiger partial charge on any atom is -0.335 e. The van der Waals surface area contributed by atoms with Crippen LogP contribution in [0.3, 0.4) is 0 Å². The largest absolute Gasteiger partial charge is 0.335 e. The quantitative estimate of drug-likeness (QED) is 0.565. The predicted octanol–water partition coefficient (Wildman–Crippen LogP) is 2.26. The van der Waals surface area contributed by atoms with Crippen molar-refractivity contribution in [3.05, 3.63) is 42.5 Å². The Kier molecular flexibility index (Phi) is 4.64. The van der Waals surface area contributed by atoms with Crippen LogP contribution < -0.4 is 0 Å². The van der Waals surface area contributed by atoms with Crippen LogP contribution in [0.25, 0.3) is 0 Å². The Labute approximate surface area is 94.6 Å². The molecule has 1 amide bonds. The molecule has 0 saturated heterocycles. The molecule has 86 valence electrons. The summed E-state index contributed by atoms with van der Waals surface area (Å²) >= 11 is 0. The van der Waals surface area contributed by atoms with E-state index in [-0.39, 0.29) is 5.91 Å². The summed E-state index contributed by atoms with van der Waals surface area (Å²) in [5.41, 5.74) is 0.400. The number of amides is 1. The van der Waals surface area contributed by atoms with E-state index >= 15 is 0 Å². The molecule has 0 unspecified atom stereocenters. The maximum absolute atomic E-state index is 12.6. The van der Waals surface area contributed by atoms with Crippen LogP contribution in [0, 0.1) is 5.95 Å². The highest BCUT2D eigenvalue weighted by Crippen LogP contribution is 2.05. The molecule has 3 nitrogen and oxygen atoms in total. The Bertz CT molecular complexity index is 362. The zero-order valence-electron chi connectivity index (χ0n) is 9.32. The number of carbonyl (C=O) groups is 1. The standard InChI is InChI=1S/C12H15FN2O/c1-3-7-15(8-4-2)12(16)10-5-6-11(13)14-9-10/h3,5-6,9H,1,4,7-8H2,2H3. The second-order valence-corrected chi connectivity index (χ2v) is 3.41. The Morgan fingerprint density at radius 2 is 2.38 bits per heavy atom. The third-order valence-corrected chi connectivity index (χ3v) is 2.10. The van der Waals surface area contributed by atoms with Gasteiger partial charge in [0.15, 0.2) is 0 Å². The number of halogens is 1. The molecule has 16 heavy (non-hydrogen) atoms. The van der Waals surface area contributed by atoms with Crippen molar-refractivity contribution >= 4 is 5.91 Å². The monoisotopic (exact) mass is 222 g/mol. The summed E-state index contributed by atoms with van der Waals surface area (Å²) < 4.78 is 12.6. The fourth-order valence-electron chi connectivity index (χ4n) is 1.39. The second kappa shape index (κ2) is 6.00. The molecule has 1 heterocycles. The number of pyridine rings is 1. The van der Waals surface area contributed by atoms with E-state index in [0.29, 0.717) is 18.7 Å². The number of hydrogen-bond donors (Lipinski definition) is 0. The molecule has 0 aliphatic heterocycles. The molecule has 0 saturated carbocycles. The van der Waals surface area contributed by atoms with Crippen LogP contribution in [-0.2, 0) is 0 Å². The first-order valence-corrected chi connectivity index (χ1v) is 5.20. The van der Waals surface area contributed by atoms with Crippen molar-refractivity contribution in [3.8, 4) is 0 Å². The van der Waals surface area contributed by atoms with E-state index in [4.69, 9.17) is 0 Å². The average molecular weight is 222 g/mol. The summed E-state index contributed by atoms with van der Waals surface area (Å²) in [4.78, 5) is 17.1. The van der Waals surface area contributed by atoms with E-state index in [1.165, 1.54) is 18.3 Å². The third kappa shape index (κ3) is 3.15. The Morgan fingerprint density at radius 1 is 1.62 bits per heavy atom. The molecular formula is C12H15FN2O. The van der Waals surface area contributed by atoms with Crippen LogP contribution in [0.15, 0.2) is 31.0 Å². The first-order chi connectivity index (χ1) is 7.69. The van der Waals surface area contributed by atoms with Gasteiger partial charge in [-0.25, -0.2) is 4.98 Å². The normalized spacial score (nSPS) is 9.88. The molecule has 0 bridgehead atoms. The highest BCUT2D eigenvalue weighted by atomic mass is 19.1. The van der Waals surface area contributed by atoms with Crippen LogP contribution in [0.1, 0.15) is 23.7 Å². The molecule has 1 aromatic heterocycles. The first kappa shape index (κ1) is 12.4. The van der Waals surface area contributed by atoms with Gasteiger partial charge in [-0.2, -0.15) is 4.39 Å². The smallest absolute Gasteiger partial charge is 0.255 e. The topological polar surface area (TPSA) is 33.2 Å². The lowest BCUT2D eigenvalue weighted by Gasteiger charge is -2.20. The van der Waals surface area contributed by atoms with Gasteiger partial charge >= 0.3 is 0 Å². The van der Waals surface area contributed by atoms with Crippen molar-refractivity contribution in [1.29, 1.82) is 0 Å². The number of rotatable bonds is 5. The van der Waals surface area contributed by atoms with Gasteiger partial charge in [0.2, 0.25) is 5.95 Å². The SMILES string of the molecule is C=CCN(CCC)C(=O)c1ccc(F)nc1. The van der Waals surface area contributed by atoms with E-state index in [9.17, 15) is 9.18 Å². The number of carbonyl (C=O) groups excluding carboxylic acids is 1. The van der Waals surface area contributed by atoms with Crippen molar-refractivity contribution in [3.63, 3.8) is 0 Å². The summed E-state index contributed by atoms with van der Waals surface area (Å²) in [5, 5.41) is 0. The lowest BCUT2D eigenvalue weighted by Crippen LogP contribution is -2.31. The summed E-state index contributed by atoms with van der Waals surface area (Å²) in [6, 6.07) is 2.63. The number of aromatic nitrogens is 1. The van der Waals surface area contributed by atoms with Gasteiger partial charge in [-0.15, -0.1) is 6.58 Å². The van der Waals surface area contributed by atoms with E-state index in [0.717, 1.165) is 6.42 Å². The van der Waals surface area contributed by atoms with Gasteiger partial charge in [-0.3, -0.25) is 4.79 Å². The summed E-state index contributed by atoms with van der Waals surface area (Å²) in [5.74, 6) is -0.725. The molecule has 1 aromatic rings. The molecule has 0 N–H and O–H groups in total. The van der Waals surface area contributed by atoms with E-state index < -0.39 is 5.95 Å². The van der Waals surface area contributed by atoms with Crippen LogP contribution in [0.2, 0.25) is 0 Å². The Morgan fingerprint density at radius 3 is 2.88 bits per heavy atom. The summed E-state index contributed by atoms with van der Waals surface area (Å²) in [6.07, 6.45) is 3.79.